The maximum atomic E-state index is 2.44. The summed E-state index contributed by atoms with van der Waals surface area (Å²) in [6, 6.07) is 89.8. The summed E-state index contributed by atoms with van der Waals surface area (Å²) < 4.78 is 0. The smallest absolute Gasteiger partial charge is 0.0540 e. The van der Waals surface area contributed by atoms with Crippen LogP contribution >= 0.6 is 0 Å². The van der Waals surface area contributed by atoms with Crippen LogP contribution in [-0.4, -0.2) is 0 Å². The lowest BCUT2D eigenvalue weighted by molar-refractivity contribution is 1.28. The molecule has 0 aliphatic rings. The summed E-state index contributed by atoms with van der Waals surface area (Å²) in [4.78, 5) is 2.36. The average molecular weight is 768 g/mol. The standard InChI is InChI=1S/C58H41N.CH4/c1-7-23-42(24-8-1)55-52-40-39-46(41-53(52)56(43-25-9-2-10-26-43)58(45-29-13-4-14-30-45)57(55)44-27-11-3-12-28-44)49-35-19-20-36-50(49)51-37-21-22-38-54(51)59(47-31-15-5-16-32-47)48-33-17-6-18-34-48;/h1-41H;1H4. The molecule has 0 N–H and O–H groups in total. The van der Waals surface area contributed by atoms with E-state index in [1.165, 1.54) is 66.4 Å². The van der Waals surface area contributed by atoms with Crippen molar-refractivity contribution in [3.05, 3.63) is 249 Å². The van der Waals surface area contributed by atoms with Gasteiger partial charge in [-0.3, -0.25) is 0 Å². The van der Waals surface area contributed by atoms with Gasteiger partial charge < -0.3 is 4.90 Å². The molecule has 0 unspecified atom stereocenters. The van der Waals surface area contributed by atoms with Gasteiger partial charge in [-0.05, 0) is 108 Å². The predicted octanol–water partition coefficient (Wildman–Crippen LogP) is 16.9. The molecule has 1 heteroatoms. The molecule has 10 rings (SSSR count). The van der Waals surface area contributed by atoms with Gasteiger partial charge >= 0.3 is 0 Å². The fourth-order valence-corrected chi connectivity index (χ4v) is 8.70. The van der Waals surface area contributed by atoms with Gasteiger partial charge in [0.2, 0.25) is 0 Å². The topological polar surface area (TPSA) is 3.24 Å². The van der Waals surface area contributed by atoms with Gasteiger partial charge in [0.25, 0.3) is 0 Å². The van der Waals surface area contributed by atoms with Crippen LogP contribution in [0, 0.1) is 0 Å². The highest BCUT2D eigenvalue weighted by Crippen LogP contribution is 2.52. The van der Waals surface area contributed by atoms with Crippen molar-refractivity contribution in [2.24, 2.45) is 0 Å². The number of hydrogen-bond acceptors (Lipinski definition) is 1. The number of anilines is 3. The minimum atomic E-state index is 0. The summed E-state index contributed by atoms with van der Waals surface area (Å²) in [5, 5.41) is 2.43. The van der Waals surface area contributed by atoms with Gasteiger partial charge in [0.05, 0.1) is 5.69 Å². The zero-order valence-corrected chi connectivity index (χ0v) is 32.6. The van der Waals surface area contributed by atoms with Crippen molar-refractivity contribution >= 4 is 27.8 Å². The van der Waals surface area contributed by atoms with Crippen molar-refractivity contribution in [3.63, 3.8) is 0 Å². The van der Waals surface area contributed by atoms with Crippen LogP contribution in [0.25, 0.3) is 77.5 Å². The van der Waals surface area contributed by atoms with E-state index >= 15 is 0 Å². The molecule has 0 bridgehead atoms. The third-order valence-electron chi connectivity index (χ3n) is 11.3. The summed E-state index contributed by atoms with van der Waals surface area (Å²) >= 11 is 0. The molecular formula is C59H45N. The Hall–Kier alpha value is -7.74. The van der Waals surface area contributed by atoms with E-state index < -0.39 is 0 Å². The number of hydrogen-bond donors (Lipinski definition) is 0. The largest absolute Gasteiger partial charge is 0.310 e. The fraction of sp³-hybridized carbons (Fsp3) is 0.0169. The monoisotopic (exact) mass is 767 g/mol. The molecular weight excluding hydrogens is 723 g/mol. The minimum Gasteiger partial charge on any atom is -0.310 e. The van der Waals surface area contributed by atoms with Gasteiger partial charge in [-0.25, -0.2) is 0 Å². The van der Waals surface area contributed by atoms with Crippen LogP contribution in [0.4, 0.5) is 17.1 Å². The van der Waals surface area contributed by atoms with Crippen LogP contribution in [0.15, 0.2) is 249 Å². The Morgan fingerprint density at radius 1 is 0.233 bits per heavy atom. The lowest BCUT2D eigenvalue weighted by atomic mass is 9.78. The number of nitrogens with zero attached hydrogens (tertiary/aromatic N) is 1. The van der Waals surface area contributed by atoms with Crippen molar-refractivity contribution in [2.45, 2.75) is 7.43 Å². The van der Waals surface area contributed by atoms with Crippen molar-refractivity contribution in [2.75, 3.05) is 4.90 Å². The zero-order valence-electron chi connectivity index (χ0n) is 32.6. The Kier molecular flexibility index (Phi) is 10.7. The lowest BCUT2D eigenvalue weighted by Gasteiger charge is -2.28. The lowest BCUT2D eigenvalue weighted by Crippen LogP contribution is -2.11. The predicted molar refractivity (Wildman–Crippen MR) is 258 cm³/mol. The molecule has 0 atom stereocenters. The molecule has 0 fully saturated rings. The van der Waals surface area contributed by atoms with Gasteiger partial charge in [0.1, 0.15) is 0 Å². The van der Waals surface area contributed by atoms with E-state index in [2.05, 4.69) is 254 Å². The first kappa shape index (κ1) is 37.8. The maximum Gasteiger partial charge on any atom is 0.0540 e. The molecule has 0 radical (unpaired) electrons. The van der Waals surface area contributed by atoms with E-state index in [-0.39, 0.29) is 7.43 Å². The normalized spacial score (nSPS) is 10.9. The van der Waals surface area contributed by atoms with E-state index in [4.69, 9.17) is 0 Å². The molecule has 286 valence electrons. The first-order valence-electron chi connectivity index (χ1n) is 20.3. The SMILES string of the molecule is C.c1ccc(-c2c(-c3ccccc3)c(-c3ccccc3)c3cc(-c4ccccc4-c4ccccc4N(c4ccccc4)c4ccccc4)ccc3c2-c2ccccc2)cc1. The van der Waals surface area contributed by atoms with Crippen LogP contribution in [0.1, 0.15) is 7.43 Å². The zero-order chi connectivity index (χ0) is 39.4. The summed E-state index contributed by atoms with van der Waals surface area (Å²) in [6.45, 7) is 0. The van der Waals surface area contributed by atoms with Crippen molar-refractivity contribution < 1.29 is 0 Å². The van der Waals surface area contributed by atoms with Crippen LogP contribution < -0.4 is 4.90 Å². The first-order valence-corrected chi connectivity index (χ1v) is 20.3. The summed E-state index contributed by atoms with van der Waals surface area (Å²) in [5.74, 6) is 0. The molecule has 0 amide bonds. The van der Waals surface area contributed by atoms with E-state index in [9.17, 15) is 0 Å². The van der Waals surface area contributed by atoms with Crippen LogP contribution in [0.5, 0.6) is 0 Å². The third kappa shape index (κ3) is 7.08. The second-order valence-corrected chi connectivity index (χ2v) is 14.8. The highest BCUT2D eigenvalue weighted by atomic mass is 15.1. The van der Waals surface area contributed by atoms with Gasteiger partial charge in [-0.15, -0.1) is 0 Å². The van der Waals surface area contributed by atoms with Gasteiger partial charge in [-0.2, -0.15) is 0 Å². The summed E-state index contributed by atoms with van der Waals surface area (Å²) in [7, 11) is 0. The molecule has 0 spiro atoms. The van der Waals surface area contributed by atoms with Crippen LogP contribution in [0.2, 0.25) is 0 Å². The summed E-state index contributed by atoms with van der Waals surface area (Å²) in [6.07, 6.45) is 0. The Labute approximate surface area is 354 Å². The van der Waals surface area contributed by atoms with Gasteiger partial charge in [-0.1, -0.05) is 220 Å². The van der Waals surface area contributed by atoms with Crippen LogP contribution in [0.3, 0.4) is 0 Å². The van der Waals surface area contributed by atoms with Crippen molar-refractivity contribution in [1.29, 1.82) is 0 Å². The number of rotatable bonds is 9. The van der Waals surface area contributed by atoms with E-state index in [0.717, 1.165) is 28.2 Å². The Balaban J connectivity index is 0.00000462. The fourth-order valence-electron chi connectivity index (χ4n) is 8.70. The van der Waals surface area contributed by atoms with Crippen molar-refractivity contribution in [3.8, 4) is 66.8 Å². The van der Waals surface area contributed by atoms with E-state index in [1.54, 1.807) is 0 Å². The molecule has 10 aromatic carbocycles. The molecule has 0 aliphatic heterocycles. The van der Waals surface area contributed by atoms with E-state index in [0.29, 0.717) is 0 Å². The highest BCUT2D eigenvalue weighted by molar-refractivity contribution is 6.19. The van der Waals surface area contributed by atoms with Crippen LogP contribution in [-0.2, 0) is 0 Å². The molecule has 0 aromatic heterocycles. The minimum absolute atomic E-state index is 0. The number of fused-ring (bicyclic) bond motifs is 1. The summed E-state index contributed by atoms with van der Waals surface area (Å²) in [5.41, 5.74) is 17.7. The quantitative estimate of drug-likeness (QED) is 0.141. The number of benzene rings is 10. The van der Waals surface area contributed by atoms with Crippen molar-refractivity contribution in [1.82, 2.24) is 0 Å². The molecule has 60 heavy (non-hydrogen) atoms. The maximum absolute atomic E-state index is 2.44. The van der Waals surface area contributed by atoms with E-state index in [1.807, 2.05) is 0 Å². The van der Waals surface area contributed by atoms with Gasteiger partial charge in [0.15, 0.2) is 0 Å². The molecule has 0 aliphatic carbocycles. The molecule has 10 aromatic rings. The molecule has 0 saturated heterocycles. The van der Waals surface area contributed by atoms with Gasteiger partial charge in [0, 0.05) is 16.9 Å². The second kappa shape index (κ2) is 17.0. The first-order chi connectivity index (χ1) is 29.3. The Bertz CT molecular complexity index is 2960. The Morgan fingerprint density at radius 3 is 1.05 bits per heavy atom. The third-order valence-corrected chi connectivity index (χ3v) is 11.3. The Morgan fingerprint density at radius 2 is 0.583 bits per heavy atom. The highest BCUT2D eigenvalue weighted by Gasteiger charge is 2.25. The molecule has 1 nitrogen and oxygen atoms in total. The molecule has 0 heterocycles. The molecule has 0 saturated carbocycles. The second-order valence-electron chi connectivity index (χ2n) is 14.8. The number of para-hydroxylation sites is 3. The average Bonchev–Trinajstić information content (AvgIpc) is 3.32.